The Morgan fingerprint density at radius 2 is 1.73 bits per heavy atom. The largest absolute Gasteiger partial charge is 0.476 e. The van der Waals surface area contributed by atoms with Crippen molar-refractivity contribution in [2.45, 2.75) is 63.5 Å². The van der Waals surface area contributed by atoms with E-state index < -0.39 is 5.60 Å². The molecule has 0 spiro atoms. The van der Waals surface area contributed by atoms with Gasteiger partial charge in [-0.15, -0.1) is 0 Å². The lowest BCUT2D eigenvalue weighted by Crippen LogP contribution is -2.38. The number of hydrogen-bond donors (Lipinski definition) is 1. The van der Waals surface area contributed by atoms with Gasteiger partial charge < -0.3 is 9.84 Å². The minimum absolute atomic E-state index is 0.155. The number of aliphatic hydroxyl groups is 1. The topological polar surface area (TPSA) is 41.8 Å². The van der Waals surface area contributed by atoms with Gasteiger partial charge in [0.1, 0.15) is 12.2 Å². The zero-order chi connectivity index (χ0) is 10.9. The fourth-order valence-corrected chi connectivity index (χ4v) is 2.35. The van der Waals surface area contributed by atoms with Crippen molar-refractivity contribution in [3.8, 4) is 0 Å². The van der Waals surface area contributed by atoms with E-state index in [2.05, 4.69) is 4.99 Å². The van der Waals surface area contributed by atoms with E-state index in [0.717, 1.165) is 25.7 Å². The Labute approximate surface area is 91.5 Å². The monoisotopic (exact) mass is 211 g/mol. The lowest BCUT2D eigenvalue weighted by Gasteiger charge is -2.25. The lowest BCUT2D eigenvalue weighted by molar-refractivity contribution is 0.0688. The highest BCUT2D eigenvalue weighted by molar-refractivity contribution is 5.86. The molecule has 1 heterocycles. The molecule has 3 nitrogen and oxygen atoms in total. The van der Waals surface area contributed by atoms with E-state index in [9.17, 15) is 5.11 Å². The first-order chi connectivity index (χ1) is 7.02. The maximum atomic E-state index is 10.5. The molecule has 0 atom stereocenters. The maximum absolute atomic E-state index is 10.5. The summed E-state index contributed by atoms with van der Waals surface area (Å²) in [5.74, 6) is 0.592. The normalized spacial score (nSPS) is 29.1. The van der Waals surface area contributed by atoms with E-state index in [1.807, 2.05) is 13.8 Å². The van der Waals surface area contributed by atoms with Crippen LogP contribution in [0.3, 0.4) is 0 Å². The van der Waals surface area contributed by atoms with Crippen LogP contribution in [-0.2, 0) is 4.74 Å². The maximum Gasteiger partial charge on any atom is 0.217 e. The summed E-state index contributed by atoms with van der Waals surface area (Å²) >= 11 is 0. The summed E-state index contributed by atoms with van der Waals surface area (Å²) in [4.78, 5) is 4.50. The van der Waals surface area contributed by atoms with Crippen LogP contribution in [0.1, 0.15) is 52.4 Å². The zero-order valence-electron chi connectivity index (χ0n) is 9.75. The minimum Gasteiger partial charge on any atom is -0.476 e. The summed E-state index contributed by atoms with van der Waals surface area (Å²) in [5, 5.41) is 10.5. The first-order valence-electron chi connectivity index (χ1n) is 5.97. The van der Waals surface area contributed by atoms with Crippen molar-refractivity contribution in [1.29, 1.82) is 0 Å². The highest BCUT2D eigenvalue weighted by Crippen LogP contribution is 2.32. The second kappa shape index (κ2) is 3.78. The van der Waals surface area contributed by atoms with Crippen molar-refractivity contribution < 1.29 is 9.84 Å². The Hall–Kier alpha value is -0.570. The molecule has 2 aliphatic rings. The molecule has 1 fully saturated rings. The molecule has 0 unspecified atom stereocenters. The van der Waals surface area contributed by atoms with Crippen LogP contribution < -0.4 is 0 Å². The Bertz CT molecular complexity index is 263. The molecule has 15 heavy (non-hydrogen) atoms. The van der Waals surface area contributed by atoms with E-state index in [0.29, 0.717) is 12.5 Å². The number of rotatable bonds is 1. The van der Waals surface area contributed by atoms with Crippen molar-refractivity contribution in [2.24, 2.45) is 4.99 Å². The average Bonchev–Trinajstić information content (AvgIpc) is 2.40. The summed E-state index contributed by atoms with van der Waals surface area (Å²) < 4.78 is 5.57. The van der Waals surface area contributed by atoms with Crippen molar-refractivity contribution in [3.05, 3.63) is 0 Å². The quantitative estimate of drug-likeness (QED) is 0.676. The van der Waals surface area contributed by atoms with Crippen molar-refractivity contribution in [1.82, 2.24) is 0 Å². The van der Waals surface area contributed by atoms with Crippen LogP contribution in [0.5, 0.6) is 0 Å². The van der Waals surface area contributed by atoms with E-state index >= 15 is 0 Å². The fraction of sp³-hybridized carbons (Fsp3) is 0.917. The molecule has 0 saturated heterocycles. The van der Waals surface area contributed by atoms with Gasteiger partial charge in [-0.1, -0.05) is 25.7 Å². The highest BCUT2D eigenvalue weighted by atomic mass is 16.5. The summed E-state index contributed by atoms with van der Waals surface area (Å²) in [6.45, 7) is 4.69. The molecule has 3 heteroatoms. The van der Waals surface area contributed by atoms with Gasteiger partial charge in [0.2, 0.25) is 5.90 Å². The summed E-state index contributed by atoms with van der Waals surface area (Å²) in [7, 11) is 0. The second-order valence-electron chi connectivity index (χ2n) is 5.46. The molecule has 0 radical (unpaired) electrons. The van der Waals surface area contributed by atoms with Crippen LogP contribution in [0, 0.1) is 0 Å². The molecule has 1 N–H and O–H groups in total. The van der Waals surface area contributed by atoms with Gasteiger partial charge in [0, 0.05) is 0 Å². The third kappa shape index (κ3) is 2.33. The molecule has 1 saturated carbocycles. The molecule has 1 aliphatic carbocycles. The molecular weight excluding hydrogens is 190 g/mol. The first kappa shape index (κ1) is 10.9. The SMILES string of the molecule is CC1(C)COC(C2(O)CCCCCC2)=N1. The van der Waals surface area contributed by atoms with Crippen LogP contribution in [0.15, 0.2) is 4.99 Å². The van der Waals surface area contributed by atoms with Crippen LogP contribution in [0.4, 0.5) is 0 Å². The van der Waals surface area contributed by atoms with Gasteiger partial charge in [-0.3, -0.25) is 0 Å². The van der Waals surface area contributed by atoms with Crippen LogP contribution in [0.25, 0.3) is 0 Å². The number of nitrogens with zero attached hydrogens (tertiary/aromatic N) is 1. The Morgan fingerprint density at radius 3 is 2.20 bits per heavy atom. The molecule has 0 amide bonds. The molecule has 0 aromatic carbocycles. The number of hydrogen-bond acceptors (Lipinski definition) is 3. The van der Waals surface area contributed by atoms with Gasteiger partial charge in [-0.25, -0.2) is 4.99 Å². The summed E-state index contributed by atoms with van der Waals surface area (Å²) in [6, 6.07) is 0. The molecule has 0 bridgehead atoms. The predicted octanol–water partition coefficient (Wildman–Crippen LogP) is 2.28. The van der Waals surface area contributed by atoms with Gasteiger partial charge in [0.25, 0.3) is 0 Å². The molecule has 86 valence electrons. The van der Waals surface area contributed by atoms with Crippen molar-refractivity contribution >= 4 is 5.90 Å². The fourth-order valence-electron chi connectivity index (χ4n) is 2.35. The predicted molar refractivity (Wildman–Crippen MR) is 60.1 cm³/mol. The second-order valence-corrected chi connectivity index (χ2v) is 5.46. The smallest absolute Gasteiger partial charge is 0.217 e. The van der Waals surface area contributed by atoms with Crippen LogP contribution in [0.2, 0.25) is 0 Å². The molecule has 1 aliphatic heterocycles. The molecule has 0 aromatic heterocycles. The number of ether oxygens (including phenoxy) is 1. The third-order valence-corrected chi connectivity index (χ3v) is 3.30. The van der Waals surface area contributed by atoms with E-state index in [1.165, 1.54) is 12.8 Å². The Balaban J connectivity index is 2.14. The Morgan fingerprint density at radius 1 is 1.13 bits per heavy atom. The standard InChI is InChI=1S/C12H21NO2/c1-11(2)9-15-10(13-11)12(14)7-5-3-4-6-8-12/h14H,3-9H2,1-2H3. The van der Waals surface area contributed by atoms with Crippen LogP contribution in [-0.4, -0.2) is 28.8 Å². The van der Waals surface area contributed by atoms with Gasteiger partial charge in [0.05, 0.1) is 5.54 Å². The number of aliphatic imine (C=N–C) groups is 1. The Kier molecular flexibility index (Phi) is 2.75. The van der Waals surface area contributed by atoms with E-state index in [-0.39, 0.29) is 5.54 Å². The summed E-state index contributed by atoms with van der Waals surface area (Å²) in [5.41, 5.74) is -0.929. The lowest BCUT2D eigenvalue weighted by atomic mass is 9.94. The third-order valence-electron chi connectivity index (χ3n) is 3.30. The van der Waals surface area contributed by atoms with Gasteiger partial charge in [-0.2, -0.15) is 0 Å². The minimum atomic E-state index is -0.774. The average molecular weight is 211 g/mol. The van der Waals surface area contributed by atoms with Crippen molar-refractivity contribution in [2.75, 3.05) is 6.61 Å². The summed E-state index contributed by atoms with van der Waals surface area (Å²) in [6.07, 6.45) is 6.22. The first-order valence-corrected chi connectivity index (χ1v) is 5.97. The van der Waals surface area contributed by atoms with Crippen LogP contribution >= 0.6 is 0 Å². The van der Waals surface area contributed by atoms with Gasteiger partial charge in [0.15, 0.2) is 0 Å². The van der Waals surface area contributed by atoms with Crippen molar-refractivity contribution in [3.63, 3.8) is 0 Å². The highest BCUT2D eigenvalue weighted by Gasteiger charge is 2.40. The zero-order valence-corrected chi connectivity index (χ0v) is 9.75. The van der Waals surface area contributed by atoms with Gasteiger partial charge in [-0.05, 0) is 26.7 Å². The van der Waals surface area contributed by atoms with E-state index in [1.54, 1.807) is 0 Å². The molecule has 0 aromatic rings. The molecular formula is C12H21NO2. The van der Waals surface area contributed by atoms with Gasteiger partial charge >= 0.3 is 0 Å². The molecule has 2 rings (SSSR count). The van der Waals surface area contributed by atoms with E-state index in [4.69, 9.17) is 4.74 Å².